The molecule has 289 valence electrons. The number of hydrogen-bond acceptors (Lipinski definition) is 4. The first-order valence-electron chi connectivity index (χ1n) is 19.8. The minimum absolute atomic E-state index is 0. The Labute approximate surface area is 348 Å². The topological polar surface area (TPSA) is 56.7 Å². The molecule has 4 aromatic carbocycles. The number of benzene rings is 4. The minimum Gasteiger partial charge on any atom is -0.501 e. The Kier molecular flexibility index (Phi) is 11.6. The molecule has 56 heavy (non-hydrogen) atoms. The van der Waals surface area contributed by atoms with Gasteiger partial charge < -0.3 is 14.0 Å². The molecule has 0 unspecified atom stereocenters. The van der Waals surface area contributed by atoms with Crippen molar-refractivity contribution < 1.29 is 25.9 Å². The molecule has 0 aliphatic heterocycles. The van der Waals surface area contributed by atoms with E-state index < -0.39 is 14.0 Å². The van der Waals surface area contributed by atoms with Gasteiger partial charge in [0.2, 0.25) is 0 Å². The van der Waals surface area contributed by atoms with Gasteiger partial charge in [-0.2, -0.15) is 0 Å². The van der Waals surface area contributed by atoms with Gasteiger partial charge in [0, 0.05) is 44.4 Å². The van der Waals surface area contributed by atoms with E-state index in [4.69, 9.17) is 15.8 Å². The molecule has 8 rings (SSSR count). The molecule has 4 aromatic heterocycles. The molecule has 0 aliphatic carbocycles. The zero-order valence-electron chi connectivity index (χ0n) is 35.4. The molecule has 7 heteroatoms. The third-order valence-electron chi connectivity index (χ3n) is 10.3. The van der Waals surface area contributed by atoms with Crippen LogP contribution in [-0.4, -0.2) is 27.6 Å². The van der Waals surface area contributed by atoms with E-state index in [0.29, 0.717) is 11.8 Å². The maximum absolute atomic E-state index is 8.44. The van der Waals surface area contributed by atoms with Gasteiger partial charge >= 0.3 is 0 Å². The summed E-state index contributed by atoms with van der Waals surface area (Å²) in [5.41, 5.74) is 13.2. The van der Waals surface area contributed by atoms with Crippen LogP contribution in [0.15, 0.2) is 102 Å². The van der Waals surface area contributed by atoms with Crippen LogP contribution < -0.4 is 5.19 Å². The Morgan fingerprint density at radius 3 is 2.09 bits per heavy atom. The number of fused-ring (bicyclic) bond motifs is 4. The van der Waals surface area contributed by atoms with Crippen LogP contribution in [0.1, 0.15) is 88.7 Å². The zero-order valence-corrected chi connectivity index (χ0v) is 37.8. The van der Waals surface area contributed by atoms with Crippen LogP contribution >= 0.6 is 0 Å². The quantitative estimate of drug-likeness (QED) is 0.118. The fourth-order valence-electron chi connectivity index (χ4n) is 7.61. The molecule has 0 bridgehead atoms. The van der Waals surface area contributed by atoms with E-state index in [2.05, 4.69) is 124 Å². The number of imidazole rings is 1. The minimum atomic E-state index is -1.50. The monoisotopic (exact) mass is 934 g/mol. The zero-order chi connectivity index (χ0) is 40.1. The first kappa shape index (κ1) is 39.5. The van der Waals surface area contributed by atoms with Crippen molar-refractivity contribution in [2.75, 3.05) is 0 Å². The van der Waals surface area contributed by atoms with E-state index >= 15 is 0 Å². The maximum atomic E-state index is 8.44. The van der Waals surface area contributed by atoms with Crippen LogP contribution in [0, 0.1) is 26.0 Å². The average molecular weight is 934 g/mol. The van der Waals surface area contributed by atoms with Crippen molar-refractivity contribution >= 4 is 46.2 Å². The van der Waals surface area contributed by atoms with Gasteiger partial charge in [0.25, 0.3) is 0 Å². The van der Waals surface area contributed by atoms with Crippen molar-refractivity contribution in [3.63, 3.8) is 0 Å². The fourth-order valence-corrected chi connectivity index (χ4v) is 9.19. The second-order valence-corrected chi connectivity index (χ2v) is 21.5. The molecule has 0 atom stereocenters. The van der Waals surface area contributed by atoms with Crippen molar-refractivity contribution in [1.29, 1.82) is 0 Å². The van der Waals surface area contributed by atoms with Gasteiger partial charge in [0.1, 0.15) is 5.58 Å². The van der Waals surface area contributed by atoms with Crippen LogP contribution in [-0.2, 0) is 20.1 Å². The number of pyridine rings is 2. The molecule has 0 N–H and O–H groups in total. The number of hydrogen-bond donors (Lipinski definition) is 0. The summed E-state index contributed by atoms with van der Waals surface area (Å²) in [6, 6.07) is 37.6. The van der Waals surface area contributed by atoms with Gasteiger partial charge in [-0.3, -0.25) is 9.97 Å². The molecule has 0 fully saturated rings. The Morgan fingerprint density at radius 1 is 0.750 bits per heavy atom. The number of nitrogens with zero attached hydrogens (tertiary/aromatic N) is 4. The molecule has 0 spiro atoms. The van der Waals surface area contributed by atoms with E-state index in [1.165, 1.54) is 22.0 Å². The Hall–Kier alpha value is -4.68. The number of para-hydroxylation sites is 2. The number of aryl methyl sites for hydroxylation is 2. The van der Waals surface area contributed by atoms with Crippen LogP contribution in [0.4, 0.5) is 0 Å². The van der Waals surface area contributed by atoms with Gasteiger partial charge in [-0.15, -0.1) is 54.1 Å². The van der Waals surface area contributed by atoms with E-state index in [1.54, 1.807) is 0 Å². The van der Waals surface area contributed by atoms with Gasteiger partial charge in [0.15, 0.2) is 0 Å². The van der Waals surface area contributed by atoms with Gasteiger partial charge in [-0.1, -0.05) is 120 Å². The fraction of sp³-hybridized carbons (Fsp3) is 0.286. The normalized spacial score (nSPS) is 12.3. The predicted octanol–water partition coefficient (Wildman–Crippen LogP) is 12.9. The summed E-state index contributed by atoms with van der Waals surface area (Å²) in [4.78, 5) is 14.7. The van der Waals surface area contributed by atoms with Crippen molar-refractivity contribution in [1.82, 2.24) is 19.5 Å². The second-order valence-electron chi connectivity index (χ2n) is 16.4. The van der Waals surface area contributed by atoms with Crippen LogP contribution in [0.3, 0.4) is 0 Å². The van der Waals surface area contributed by atoms with E-state index in [-0.39, 0.29) is 20.1 Å². The Bertz CT molecular complexity index is 2680. The first-order valence-corrected chi connectivity index (χ1v) is 22.8. The molecule has 5 nitrogen and oxygen atoms in total. The molecular formula is C49H52IrN4OSi-2. The Morgan fingerprint density at radius 2 is 1.45 bits per heavy atom. The number of furan rings is 1. The summed E-state index contributed by atoms with van der Waals surface area (Å²) in [7, 11) is -1.50. The SMILES string of the molecule is Cc1cc2nc(-c3[c-]ccc4c3oc3ccccc34)n(-c3c(C(C)C)cccc3C(C)C)c2c(C)n1.[2H]C(C)(C)c1cc(-c2[c-]cccc2)ncc1[Si](C)(C)C.[Ir]. The molecule has 0 amide bonds. The smallest absolute Gasteiger partial charge is 0.120 e. The Balaban J connectivity index is 0.000000223. The molecule has 8 aromatic rings. The maximum Gasteiger partial charge on any atom is 0.120 e. The van der Waals surface area contributed by atoms with Crippen molar-refractivity contribution in [3.05, 3.63) is 137 Å². The molecular weight excluding hydrogens is 881 g/mol. The summed E-state index contributed by atoms with van der Waals surface area (Å²) < 4.78 is 17.2. The third kappa shape index (κ3) is 7.82. The van der Waals surface area contributed by atoms with Crippen molar-refractivity contribution in [2.24, 2.45) is 0 Å². The number of rotatable bonds is 7. The summed E-state index contributed by atoms with van der Waals surface area (Å²) in [6.45, 7) is 23.9. The number of aromatic nitrogens is 4. The third-order valence-corrected chi connectivity index (χ3v) is 12.3. The molecule has 0 aliphatic rings. The first-order chi connectivity index (χ1) is 26.5. The van der Waals surface area contributed by atoms with Crippen LogP contribution in [0.5, 0.6) is 0 Å². The second kappa shape index (κ2) is 16.4. The van der Waals surface area contributed by atoms with Crippen molar-refractivity contribution in [2.45, 2.75) is 92.8 Å². The van der Waals surface area contributed by atoms with Gasteiger partial charge in [-0.05, 0) is 65.7 Å². The van der Waals surface area contributed by atoms with Gasteiger partial charge in [0.05, 0.1) is 36.2 Å². The summed E-state index contributed by atoms with van der Waals surface area (Å²) >= 11 is 0. The van der Waals surface area contributed by atoms with E-state index in [9.17, 15) is 0 Å². The summed E-state index contributed by atoms with van der Waals surface area (Å²) in [6.07, 6.45) is 1.98. The molecule has 1 radical (unpaired) electrons. The summed E-state index contributed by atoms with van der Waals surface area (Å²) in [5, 5.41) is 3.45. The standard InChI is InChI=1S/C32H30N3O.C17H22NSi.Ir/c1-18(2)22-12-9-13-23(19(3)4)30(22)35-29-21(6)33-20(5)17-27(29)34-32(35)26-15-10-14-25-24-11-7-8-16-28(24)36-31(25)26;1-13(2)15-11-16(14-9-7-6-8-10-14)18-12-17(15)19(3,4)5;/h7-14,16-19H,1-6H3;6-9,11-13H,1-5H3;/q2*-1;/i;13D;. The average Bonchev–Trinajstić information content (AvgIpc) is 3.73. The predicted molar refractivity (Wildman–Crippen MR) is 234 cm³/mol. The largest absolute Gasteiger partial charge is 0.501 e. The molecule has 4 heterocycles. The van der Waals surface area contributed by atoms with Crippen LogP contribution in [0.2, 0.25) is 19.6 Å². The van der Waals surface area contributed by atoms with Crippen LogP contribution in [0.25, 0.3) is 61.3 Å². The van der Waals surface area contributed by atoms with Gasteiger partial charge in [-0.25, -0.2) is 0 Å². The van der Waals surface area contributed by atoms with E-state index in [1.807, 2.05) is 69.4 Å². The summed E-state index contributed by atoms with van der Waals surface area (Å²) in [5.74, 6) is 0.907. The molecule has 0 saturated heterocycles. The van der Waals surface area contributed by atoms with E-state index in [0.717, 1.165) is 72.6 Å². The molecule has 0 saturated carbocycles. The van der Waals surface area contributed by atoms with Crippen molar-refractivity contribution in [3.8, 4) is 28.3 Å².